The number of carbonyl (C=O) groups is 1. The first-order valence-electron chi connectivity index (χ1n) is 9.31. The fraction of sp³-hybridized carbons (Fsp3) is 0.650. The quantitative estimate of drug-likeness (QED) is 0.755. The van der Waals surface area contributed by atoms with Gasteiger partial charge in [0.1, 0.15) is 0 Å². The summed E-state index contributed by atoms with van der Waals surface area (Å²) in [6.45, 7) is 10.4. The zero-order valence-electron chi connectivity index (χ0n) is 16.5. The SMILES string of the molecule is Cc1ccc(C(=O)OCC(C)C(C)(C)C)cc1S(=O)(=O)NC1CCCC1. The molecular weight excluding hydrogens is 350 g/mol. The number of sulfonamides is 1. The van der Waals surface area contributed by atoms with Crippen LogP contribution in [0.1, 0.15) is 69.3 Å². The highest BCUT2D eigenvalue weighted by atomic mass is 32.2. The van der Waals surface area contributed by atoms with Gasteiger partial charge < -0.3 is 4.74 Å². The predicted molar refractivity (Wildman–Crippen MR) is 103 cm³/mol. The highest BCUT2D eigenvalue weighted by Crippen LogP contribution is 2.26. The average Bonchev–Trinajstić information content (AvgIpc) is 3.03. The van der Waals surface area contributed by atoms with Crippen molar-refractivity contribution >= 4 is 16.0 Å². The molecule has 1 atom stereocenters. The molecule has 0 radical (unpaired) electrons. The third kappa shape index (κ3) is 5.30. The number of rotatable bonds is 6. The Morgan fingerprint density at radius 3 is 2.46 bits per heavy atom. The van der Waals surface area contributed by atoms with Crippen LogP contribution in [0.3, 0.4) is 0 Å². The van der Waals surface area contributed by atoms with E-state index in [0.29, 0.717) is 12.2 Å². The van der Waals surface area contributed by atoms with Crippen molar-refractivity contribution in [3.8, 4) is 0 Å². The average molecular weight is 382 g/mol. The van der Waals surface area contributed by atoms with Crippen LogP contribution in [0, 0.1) is 18.3 Å². The second-order valence-corrected chi connectivity index (χ2v) is 10.1. The second-order valence-electron chi connectivity index (χ2n) is 8.45. The number of carbonyl (C=O) groups excluding carboxylic acids is 1. The minimum Gasteiger partial charge on any atom is -0.462 e. The van der Waals surface area contributed by atoms with Gasteiger partial charge in [-0.1, -0.05) is 46.6 Å². The van der Waals surface area contributed by atoms with E-state index in [-0.39, 0.29) is 27.8 Å². The summed E-state index contributed by atoms with van der Waals surface area (Å²) >= 11 is 0. The Morgan fingerprint density at radius 2 is 1.88 bits per heavy atom. The number of benzene rings is 1. The molecular formula is C20H31NO4S. The Morgan fingerprint density at radius 1 is 1.27 bits per heavy atom. The van der Waals surface area contributed by atoms with Crippen LogP contribution in [0.4, 0.5) is 0 Å². The Kier molecular flexibility index (Phi) is 6.51. The number of hydrogen-bond donors (Lipinski definition) is 1. The van der Waals surface area contributed by atoms with E-state index in [0.717, 1.165) is 25.7 Å². The van der Waals surface area contributed by atoms with Crippen LogP contribution < -0.4 is 4.72 Å². The Labute approximate surface area is 157 Å². The minimum atomic E-state index is -3.64. The van der Waals surface area contributed by atoms with Gasteiger partial charge in [-0.25, -0.2) is 17.9 Å². The molecule has 1 saturated carbocycles. The van der Waals surface area contributed by atoms with Gasteiger partial charge in [0, 0.05) is 6.04 Å². The van der Waals surface area contributed by atoms with E-state index in [1.165, 1.54) is 6.07 Å². The lowest BCUT2D eigenvalue weighted by molar-refractivity contribution is 0.0357. The Balaban J connectivity index is 2.14. The van der Waals surface area contributed by atoms with E-state index in [1.54, 1.807) is 19.1 Å². The van der Waals surface area contributed by atoms with Gasteiger partial charge in [0.25, 0.3) is 0 Å². The standard InChI is InChI=1S/C20H31NO4S/c1-14-10-11-16(19(22)25-13-15(2)20(3,4)5)12-18(14)26(23,24)21-17-8-6-7-9-17/h10-12,15,17,21H,6-9,13H2,1-5H3. The summed E-state index contributed by atoms with van der Waals surface area (Å²) in [5.41, 5.74) is 0.923. The third-order valence-electron chi connectivity index (χ3n) is 5.33. The predicted octanol–water partition coefficient (Wildman–Crippen LogP) is 4.05. The van der Waals surface area contributed by atoms with E-state index < -0.39 is 16.0 Å². The highest BCUT2D eigenvalue weighted by Gasteiger charge is 2.26. The van der Waals surface area contributed by atoms with Crippen LogP contribution >= 0.6 is 0 Å². The fourth-order valence-electron chi connectivity index (χ4n) is 2.88. The van der Waals surface area contributed by atoms with Crippen LogP contribution in [0.15, 0.2) is 23.1 Å². The molecule has 6 heteroatoms. The van der Waals surface area contributed by atoms with E-state index in [4.69, 9.17) is 4.74 Å². The summed E-state index contributed by atoms with van der Waals surface area (Å²) in [5, 5.41) is 0. The van der Waals surface area contributed by atoms with Gasteiger partial charge in [0.05, 0.1) is 17.1 Å². The molecule has 1 aliphatic rings. The molecule has 0 amide bonds. The van der Waals surface area contributed by atoms with Gasteiger partial charge in [-0.2, -0.15) is 0 Å². The van der Waals surface area contributed by atoms with Gasteiger partial charge in [0.15, 0.2) is 0 Å². The zero-order valence-corrected chi connectivity index (χ0v) is 17.3. The molecule has 1 aromatic rings. The maximum absolute atomic E-state index is 12.7. The molecule has 0 spiro atoms. The van der Waals surface area contributed by atoms with Crippen molar-refractivity contribution in [2.75, 3.05) is 6.61 Å². The van der Waals surface area contributed by atoms with Crippen molar-refractivity contribution in [1.29, 1.82) is 0 Å². The monoisotopic (exact) mass is 381 g/mol. The maximum atomic E-state index is 12.7. The van der Waals surface area contributed by atoms with Gasteiger partial charge in [-0.05, 0) is 48.8 Å². The van der Waals surface area contributed by atoms with Crippen molar-refractivity contribution in [2.45, 2.75) is 71.2 Å². The summed E-state index contributed by atoms with van der Waals surface area (Å²) in [4.78, 5) is 12.5. The molecule has 26 heavy (non-hydrogen) atoms. The molecule has 0 aromatic heterocycles. The summed E-state index contributed by atoms with van der Waals surface area (Å²) in [7, 11) is -3.64. The highest BCUT2D eigenvalue weighted by molar-refractivity contribution is 7.89. The van der Waals surface area contributed by atoms with Crippen LogP contribution in [0.5, 0.6) is 0 Å². The van der Waals surface area contributed by atoms with Crippen molar-refractivity contribution in [3.05, 3.63) is 29.3 Å². The first-order valence-corrected chi connectivity index (χ1v) is 10.8. The molecule has 0 bridgehead atoms. The third-order valence-corrected chi connectivity index (χ3v) is 7.00. The molecule has 2 rings (SSSR count). The molecule has 0 aliphatic heterocycles. The largest absolute Gasteiger partial charge is 0.462 e. The van der Waals surface area contributed by atoms with E-state index in [2.05, 4.69) is 25.5 Å². The molecule has 146 valence electrons. The number of ether oxygens (including phenoxy) is 1. The Hall–Kier alpha value is -1.40. The molecule has 0 heterocycles. The zero-order chi connectivity index (χ0) is 19.5. The van der Waals surface area contributed by atoms with Crippen LogP contribution in [0.25, 0.3) is 0 Å². The number of nitrogens with one attached hydrogen (secondary N) is 1. The van der Waals surface area contributed by atoms with Crippen LogP contribution in [-0.4, -0.2) is 27.0 Å². The van der Waals surface area contributed by atoms with Crippen molar-refractivity contribution < 1.29 is 17.9 Å². The van der Waals surface area contributed by atoms with Crippen molar-refractivity contribution in [1.82, 2.24) is 4.72 Å². The minimum absolute atomic E-state index is 0.0114. The molecule has 5 nitrogen and oxygen atoms in total. The molecule has 1 fully saturated rings. The number of aryl methyl sites for hydroxylation is 1. The second kappa shape index (κ2) is 8.09. The lowest BCUT2D eigenvalue weighted by Gasteiger charge is -2.26. The van der Waals surface area contributed by atoms with Gasteiger partial charge in [-0.3, -0.25) is 0 Å². The smallest absolute Gasteiger partial charge is 0.338 e. The Bertz CT molecular complexity index is 744. The summed E-state index contributed by atoms with van der Waals surface area (Å²) < 4.78 is 33.6. The van der Waals surface area contributed by atoms with Gasteiger partial charge in [-0.15, -0.1) is 0 Å². The van der Waals surface area contributed by atoms with E-state index in [9.17, 15) is 13.2 Å². The first kappa shape index (κ1) is 20.9. The van der Waals surface area contributed by atoms with Gasteiger partial charge >= 0.3 is 5.97 Å². The number of hydrogen-bond acceptors (Lipinski definition) is 4. The van der Waals surface area contributed by atoms with Crippen LogP contribution in [-0.2, 0) is 14.8 Å². The topological polar surface area (TPSA) is 72.5 Å². The maximum Gasteiger partial charge on any atom is 0.338 e. The van der Waals surface area contributed by atoms with E-state index >= 15 is 0 Å². The lowest BCUT2D eigenvalue weighted by Crippen LogP contribution is -2.33. The van der Waals surface area contributed by atoms with E-state index in [1.807, 2.05) is 6.92 Å². The van der Waals surface area contributed by atoms with Gasteiger partial charge in [0.2, 0.25) is 10.0 Å². The fourth-order valence-corrected chi connectivity index (χ4v) is 4.45. The number of esters is 1. The normalized spacial score (nSPS) is 17.3. The van der Waals surface area contributed by atoms with Crippen LogP contribution in [0.2, 0.25) is 0 Å². The van der Waals surface area contributed by atoms with Crippen molar-refractivity contribution in [3.63, 3.8) is 0 Å². The molecule has 1 unspecified atom stereocenters. The summed E-state index contributed by atoms with van der Waals surface area (Å²) in [6, 6.07) is 4.69. The molecule has 1 N–H and O–H groups in total. The molecule has 0 saturated heterocycles. The molecule has 1 aromatic carbocycles. The van der Waals surface area contributed by atoms with Crippen molar-refractivity contribution in [2.24, 2.45) is 11.3 Å². The molecule has 1 aliphatic carbocycles. The summed E-state index contributed by atoms with van der Waals surface area (Å²) in [6.07, 6.45) is 3.82. The summed E-state index contributed by atoms with van der Waals surface area (Å²) in [5.74, 6) is -0.289. The lowest BCUT2D eigenvalue weighted by atomic mass is 9.83. The first-order chi connectivity index (χ1) is 12.0.